The summed E-state index contributed by atoms with van der Waals surface area (Å²) in [5, 5.41) is 14.1. The zero-order valence-electron chi connectivity index (χ0n) is 36.8. The molecule has 58 heavy (non-hydrogen) atoms. The van der Waals surface area contributed by atoms with Gasteiger partial charge in [-0.3, -0.25) is 28.8 Å². The molecule has 2 aliphatic heterocycles. The molecule has 3 fully saturated rings. The van der Waals surface area contributed by atoms with E-state index in [0.29, 0.717) is 32.4 Å². The van der Waals surface area contributed by atoms with Crippen LogP contribution in [0.2, 0.25) is 0 Å². The second kappa shape index (κ2) is 21.2. The van der Waals surface area contributed by atoms with Gasteiger partial charge in [0.15, 0.2) is 5.78 Å². The van der Waals surface area contributed by atoms with Crippen molar-refractivity contribution >= 4 is 29.4 Å². The molecule has 11 atom stereocenters. The molecule has 4 rings (SSSR count). The van der Waals surface area contributed by atoms with E-state index >= 15 is 0 Å². The molecule has 1 aliphatic carbocycles. The maximum Gasteiger partial charge on any atom is 0.272 e. The lowest BCUT2D eigenvalue weighted by molar-refractivity contribution is -0.200. The summed E-state index contributed by atoms with van der Waals surface area (Å²) in [7, 11) is 6.60. The first-order valence-electron chi connectivity index (χ1n) is 21.5. The molecule has 0 aromatic heterocycles. The van der Waals surface area contributed by atoms with Crippen LogP contribution in [-0.2, 0) is 38.3 Å². The minimum atomic E-state index is -1.11. The number of ketones is 1. The molecule has 1 aromatic carbocycles. The molecule has 1 unspecified atom stereocenters. The molecule has 14 heteroatoms. The van der Waals surface area contributed by atoms with E-state index in [9.17, 15) is 24.0 Å². The monoisotopic (exact) mass is 813 g/mol. The predicted molar refractivity (Wildman–Crippen MR) is 222 cm³/mol. The van der Waals surface area contributed by atoms with E-state index in [0.717, 1.165) is 24.8 Å². The third-order valence-corrected chi connectivity index (χ3v) is 12.9. The van der Waals surface area contributed by atoms with E-state index < -0.39 is 47.8 Å². The summed E-state index contributed by atoms with van der Waals surface area (Å²) in [6, 6.07) is 7.33. The van der Waals surface area contributed by atoms with Crippen LogP contribution in [0.3, 0.4) is 0 Å². The second-order valence-corrected chi connectivity index (χ2v) is 17.5. The Hall–Kier alpha value is -3.43. The van der Waals surface area contributed by atoms with Gasteiger partial charge < -0.3 is 35.6 Å². The highest BCUT2D eigenvalue weighted by Crippen LogP contribution is 2.53. The molecular formula is C44H72N6O8. The molecule has 0 spiro atoms. The van der Waals surface area contributed by atoms with E-state index in [1.54, 1.807) is 40.1 Å². The molecule has 4 amide bonds. The predicted octanol–water partition coefficient (Wildman–Crippen LogP) is 3.59. The third-order valence-electron chi connectivity index (χ3n) is 12.9. The van der Waals surface area contributed by atoms with Crippen LogP contribution in [0.5, 0.6) is 0 Å². The fourth-order valence-electron chi connectivity index (χ4n) is 9.06. The number of rotatable bonds is 21. The van der Waals surface area contributed by atoms with Crippen molar-refractivity contribution < 1.29 is 38.3 Å². The van der Waals surface area contributed by atoms with Gasteiger partial charge in [0.2, 0.25) is 17.7 Å². The summed E-state index contributed by atoms with van der Waals surface area (Å²) in [5.74, 6) is -2.01. The Labute approximate surface area is 346 Å². The molecule has 1 aromatic rings. The Kier molecular flexibility index (Phi) is 17.3. The first-order valence-corrected chi connectivity index (χ1v) is 21.5. The van der Waals surface area contributed by atoms with Gasteiger partial charge in [-0.05, 0) is 62.5 Å². The molecule has 2 heterocycles. The Morgan fingerprint density at radius 1 is 0.948 bits per heavy atom. The van der Waals surface area contributed by atoms with Gasteiger partial charge in [0, 0.05) is 46.2 Å². The summed E-state index contributed by atoms with van der Waals surface area (Å²) in [5.41, 5.74) is -0.122. The lowest BCUT2D eigenvalue weighted by Gasteiger charge is -2.40. The zero-order chi connectivity index (χ0) is 42.9. The Bertz CT molecular complexity index is 1540. The number of nitrogens with zero attached hydrogens (tertiary/aromatic N) is 2. The number of likely N-dealkylation sites (N-methyl/N-ethyl adjacent to an activating group) is 2. The minimum Gasteiger partial charge on any atom is -0.379 e. The number of Topliss-reactive ketones (excluding diaryl/α,β-unsaturated/α-hetero) is 1. The summed E-state index contributed by atoms with van der Waals surface area (Å²) >= 11 is 0. The largest absolute Gasteiger partial charge is 0.379 e. The molecule has 0 radical (unpaired) electrons. The van der Waals surface area contributed by atoms with Crippen LogP contribution in [0, 0.1) is 23.7 Å². The van der Waals surface area contributed by atoms with Crippen LogP contribution in [0.1, 0.15) is 105 Å². The number of hydrogen-bond acceptors (Lipinski definition) is 10. The van der Waals surface area contributed by atoms with E-state index in [1.807, 2.05) is 71.9 Å². The molecule has 2 saturated heterocycles. The first-order chi connectivity index (χ1) is 27.6. The van der Waals surface area contributed by atoms with E-state index in [4.69, 9.17) is 14.3 Å². The van der Waals surface area contributed by atoms with Gasteiger partial charge in [-0.2, -0.15) is 0 Å². The highest BCUT2D eigenvalue weighted by molar-refractivity contribution is 5.96. The fraction of sp³-hybridized carbons (Fsp3) is 0.750. The van der Waals surface area contributed by atoms with Gasteiger partial charge in [-0.25, -0.2) is 5.06 Å². The van der Waals surface area contributed by atoms with Crippen LogP contribution < -0.4 is 21.3 Å². The lowest BCUT2D eigenvalue weighted by atomic mass is 9.88. The number of benzene rings is 1. The van der Waals surface area contributed by atoms with Crippen LogP contribution in [-0.4, -0.2) is 129 Å². The SMILES string of the molecule is CC[C@H](C)[C@@H]([C@@H](CC(=O)C1CC[C@@H]([C@H](OC)[C@@H](C)C(=O)N[C@@]2(C(=O)N3CCCCO3)C[C@@H]2c2ccccc2)N1)OC)N(C)C(=O)[C@@H](NC(=O)[C@@H](NC)C(C)C)C(C)C. The van der Waals surface area contributed by atoms with Gasteiger partial charge in [0.25, 0.3) is 5.91 Å². The summed E-state index contributed by atoms with van der Waals surface area (Å²) < 4.78 is 12.0. The number of hydroxylamine groups is 2. The maximum absolute atomic E-state index is 14.2. The number of methoxy groups -OCH3 is 2. The van der Waals surface area contributed by atoms with Crippen LogP contribution in [0.15, 0.2) is 30.3 Å². The van der Waals surface area contributed by atoms with Gasteiger partial charge in [-0.1, -0.05) is 85.2 Å². The lowest BCUT2D eigenvalue weighted by Crippen LogP contribution is -2.59. The van der Waals surface area contributed by atoms with Crippen molar-refractivity contribution in [1.82, 2.24) is 31.2 Å². The van der Waals surface area contributed by atoms with E-state index in [-0.39, 0.29) is 65.5 Å². The first kappa shape index (κ1) is 47.3. The Morgan fingerprint density at radius 3 is 2.17 bits per heavy atom. The molecule has 14 nitrogen and oxygen atoms in total. The molecule has 0 bridgehead atoms. The van der Waals surface area contributed by atoms with Crippen molar-refractivity contribution in [2.75, 3.05) is 41.5 Å². The zero-order valence-corrected chi connectivity index (χ0v) is 36.8. The number of amides is 4. The average molecular weight is 813 g/mol. The highest BCUT2D eigenvalue weighted by atomic mass is 16.7. The summed E-state index contributed by atoms with van der Waals surface area (Å²) in [4.78, 5) is 76.8. The van der Waals surface area contributed by atoms with Crippen molar-refractivity contribution in [3.8, 4) is 0 Å². The van der Waals surface area contributed by atoms with Crippen molar-refractivity contribution in [2.24, 2.45) is 23.7 Å². The van der Waals surface area contributed by atoms with Crippen molar-refractivity contribution in [3.63, 3.8) is 0 Å². The third kappa shape index (κ3) is 10.8. The average Bonchev–Trinajstić information content (AvgIpc) is 3.74. The molecular weight excluding hydrogens is 741 g/mol. The number of nitrogens with one attached hydrogen (secondary N) is 4. The topological polar surface area (TPSA) is 168 Å². The molecule has 3 aliphatic rings. The van der Waals surface area contributed by atoms with Gasteiger partial charge >= 0.3 is 0 Å². The van der Waals surface area contributed by atoms with Crippen molar-refractivity contribution in [1.29, 1.82) is 0 Å². The van der Waals surface area contributed by atoms with E-state index in [1.165, 1.54) is 5.06 Å². The van der Waals surface area contributed by atoms with Crippen LogP contribution in [0.4, 0.5) is 0 Å². The quantitative estimate of drug-likeness (QED) is 0.144. The number of hydrogen-bond donors (Lipinski definition) is 4. The summed E-state index contributed by atoms with van der Waals surface area (Å²) in [6.07, 6.45) is 3.00. The van der Waals surface area contributed by atoms with E-state index in [2.05, 4.69) is 21.3 Å². The highest BCUT2D eigenvalue weighted by Gasteiger charge is 2.64. The van der Waals surface area contributed by atoms with Crippen molar-refractivity contribution in [2.45, 2.75) is 147 Å². The summed E-state index contributed by atoms with van der Waals surface area (Å²) in [6.45, 7) is 14.6. The fourth-order valence-corrected chi connectivity index (χ4v) is 9.06. The van der Waals surface area contributed by atoms with Crippen molar-refractivity contribution in [3.05, 3.63) is 35.9 Å². The number of carbonyl (C=O) groups is 5. The normalized spacial score (nSPS) is 25.6. The molecule has 326 valence electrons. The molecule has 4 N–H and O–H groups in total. The van der Waals surface area contributed by atoms with Crippen LogP contribution >= 0.6 is 0 Å². The van der Waals surface area contributed by atoms with Gasteiger partial charge in [0.1, 0.15) is 11.6 Å². The van der Waals surface area contributed by atoms with Gasteiger partial charge in [-0.15, -0.1) is 0 Å². The maximum atomic E-state index is 14.2. The minimum absolute atomic E-state index is 0.0120. The van der Waals surface area contributed by atoms with Crippen LogP contribution in [0.25, 0.3) is 0 Å². The number of ether oxygens (including phenoxy) is 2. The Morgan fingerprint density at radius 2 is 1.62 bits per heavy atom. The molecule has 1 saturated carbocycles. The smallest absolute Gasteiger partial charge is 0.272 e. The standard InChI is InChI=1S/C44H72N6O8/c1-12-28(6)38(49(9)42(54)37(27(4)5)47-41(53)36(45-8)26(2)3)35(56-10)24-34(51)32-20-21-33(46-32)39(57-11)29(7)40(52)48-44(43(55)50-22-16-17-23-58-50)25-31(44)30-18-14-13-15-19-30/h13-15,18-19,26-29,31-33,35-39,45-46H,12,16-17,20-25H2,1-11H3,(H,47,53)(H,48,52)/t28-,29+,31+,32?,33-,35+,36-,37-,38-,39+,44-/m0/s1. The number of carbonyl (C=O) groups excluding carboxylic acids is 5. The second-order valence-electron chi connectivity index (χ2n) is 17.5. The van der Waals surface area contributed by atoms with Gasteiger partial charge in [0.05, 0.1) is 42.9 Å². The Balaban J connectivity index is 1.44.